The number of hydrogen-bond donors (Lipinski definition) is 1. The second kappa shape index (κ2) is 5.55. The SMILES string of the molecule is CCC(CN)CN1CCCCC1. The zero-order valence-electron chi connectivity index (χ0n) is 8.26. The first-order chi connectivity index (χ1) is 5.86. The molecule has 2 N–H and O–H groups in total. The van der Waals surface area contributed by atoms with Crippen molar-refractivity contribution in [2.45, 2.75) is 32.6 Å². The van der Waals surface area contributed by atoms with Gasteiger partial charge in [0.1, 0.15) is 0 Å². The summed E-state index contributed by atoms with van der Waals surface area (Å²) in [6.07, 6.45) is 5.44. The van der Waals surface area contributed by atoms with Crippen LogP contribution in [0.2, 0.25) is 0 Å². The summed E-state index contributed by atoms with van der Waals surface area (Å²) < 4.78 is 0. The highest BCUT2D eigenvalue weighted by molar-refractivity contribution is 4.69. The lowest BCUT2D eigenvalue weighted by atomic mass is 10.0. The number of likely N-dealkylation sites (tertiary alicyclic amines) is 1. The summed E-state index contributed by atoms with van der Waals surface area (Å²) in [6.45, 7) is 6.93. The Balaban J connectivity index is 2.18. The van der Waals surface area contributed by atoms with Crippen LogP contribution in [-0.4, -0.2) is 31.1 Å². The Kier molecular flexibility index (Phi) is 4.62. The minimum atomic E-state index is 0.725. The molecule has 1 aliphatic rings. The second-order valence-corrected chi connectivity index (χ2v) is 3.87. The zero-order valence-corrected chi connectivity index (χ0v) is 8.26. The first-order valence-electron chi connectivity index (χ1n) is 5.29. The molecule has 2 heteroatoms. The third-order valence-electron chi connectivity index (χ3n) is 2.88. The van der Waals surface area contributed by atoms with Crippen LogP contribution in [0, 0.1) is 5.92 Å². The van der Waals surface area contributed by atoms with Gasteiger partial charge in [0, 0.05) is 6.54 Å². The van der Waals surface area contributed by atoms with Gasteiger partial charge in [0.05, 0.1) is 0 Å². The van der Waals surface area contributed by atoms with Gasteiger partial charge in [-0.3, -0.25) is 0 Å². The van der Waals surface area contributed by atoms with E-state index in [2.05, 4.69) is 11.8 Å². The molecule has 0 saturated carbocycles. The first-order valence-corrected chi connectivity index (χ1v) is 5.29. The van der Waals surface area contributed by atoms with E-state index in [-0.39, 0.29) is 0 Å². The molecule has 1 unspecified atom stereocenters. The van der Waals surface area contributed by atoms with Crippen LogP contribution in [0.15, 0.2) is 0 Å². The summed E-state index contributed by atoms with van der Waals surface area (Å²) in [7, 11) is 0. The Morgan fingerprint density at radius 1 is 1.25 bits per heavy atom. The highest BCUT2D eigenvalue weighted by atomic mass is 15.1. The Hall–Kier alpha value is -0.0800. The van der Waals surface area contributed by atoms with Crippen LogP contribution in [0.25, 0.3) is 0 Å². The van der Waals surface area contributed by atoms with Crippen LogP contribution in [0.3, 0.4) is 0 Å². The predicted octanol–water partition coefficient (Wildman–Crippen LogP) is 1.46. The smallest absolute Gasteiger partial charge is 0.00216 e. The molecule has 1 heterocycles. The van der Waals surface area contributed by atoms with E-state index in [0.717, 1.165) is 12.5 Å². The molecule has 0 bridgehead atoms. The van der Waals surface area contributed by atoms with Crippen molar-refractivity contribution in [3.63, 3.8) is 0 Å². The average molecular weight is 170 g/mol. The minimum absolute atomic E-state index is 0.725. The van der Waals surface area contributed by atoms with Crippen molar-refractivity contribution >= 4 is 0 Å². The lowest BCUT2D eigenvalue weighted by molar-refractivity contribution is 0.195. The highest BCUT2D eigenvalue weighted by Crippen LogP contribution is 2.11. The third kappa shape index (κ3) is 3.11. The van der Waals surface area contributed by atoms with Crippen molar-refractivity contribution in [1.29, 1.82) is 0 Å². The normalized spacial score (nSPS) is 22.5. The number of nitrogens with zero attached hydrogens (tertiary/aromatic N) is 1. The maximum Gasteiger partial charge on any atom is 0.00216 e. The van der Waals surface area contributed by atoms with Crippen molar-refractivity contribution in [2.75, 3.05) is 26.2 Å². The topological polar surface area (TPSA) is 29.3 Å². The van der Waals surface area contributed by atoms with E-state index in [1.54, 1.807) is 0 Å². The van der Waals surface area contributed by atoms with Crippen molar-refractivity contribution < 1.29 is 0 Å². The van der Waals surface area contributed by atoms with Gasteiger partial charge in [-0.05, 0) is 38.4 Å². The standard InChI is InChI=1S/C10H22N2/c1-2-10(8-11)9-12-6-4-3-5-7-12/h10H,2-9,11H2,1H3. The van der Waals surface area contributed by atoms with Gasteiger partial charge in [-0.15, -0.1) is 0 Å². The molecule has 1 saturated heterocycles. The molecule has 1 atom stereocenters. The molecule has 0 aromatic heterocycles. The van der Waals surface area contributed by atoms with Crippen molar-refractivity contribution in [3.05, 3.63) is 0 Å². The van der Waals surface area contributed by atoms with Crippen LogP contribution >= 0.6 is 0 Å². The minimum Gasteiger partial charge on any atom is -0.330 e. The fourth-order valence-corrected chi connectivity index (χ4v) is 1.88. The summed E-state index contributed by atoms with van der Waals surface area (Å²) in [5, 5.41) is 0. The molecule has 0 radical (unpaired) electrons. The molecule has 0 spiro atoms. The highest BCUT2D eigenvalue weighted by Gasteiger charge is 2.13. The molecular weight excluding hydrogens is 148 g/mol. The maximum atomic E-state index is 5.67. The Morgan fingerprint density at radius 3 is 2.42 bits per heavy atom. The van der Waals surface area contributed by atoms with E-state index < -0.39 is 0 Å². The Morgan fingerprint density at radius 2 is 1.92 bits per heavy atom. The van der Waals surface area contributed by atoms with E-state index >= 15 is 0 Å². The largest absolute Gasteiger partial charge is 0.330 e. The molecule has 0 aromatic rings. The molecule has 2 nitrogen and oxygen atoms in total. The van der Waals surface area contributed by atoms with Crippen molar-refractivity contribution in [2.24, 2.45) is 11.7 Å². The molecule has 0 amide bonds. The summed E-state index contributed by atoms with van der Waals surface area (Å²) in [4.78, 5) is 2.57. The third-order valence-corrected chi connectivity index (χ3v) is 2.88. The van der Waals surface area contributed by atoms with Crippen molar-refractivity contribution in [3.8, 4) is 0 Å². The van der Waals surface area contributed by atoms with E-state index in [4.69, 9.17) is 5.73 Å². The van der Waals surface area contributed by atoms with E-state index in [0.29, 0.717) is 0 Å². The molecule has 1 rings (SSSR count). The first kappa shape index (κ1) is 10.0. The van der Waals surface area contributed by atoms with Gasteiger partial charge < -0.3 is 10.6 Å². The fourth-order valence-electron chi connectivity index (χ4n) is 1.88. The second-order valence-electron chi connectivity index (χ2n) is 3.87. The Labute approximate surface area is 76.1 Å². The summed E-state index contributed by atoms with van der Waals surface area (Å²) >= 11 is 0. The van der Waals surface area contributed by atoms with Gasteiger partial charge in [0.2, 0.25) is 0 Å². The summed E-state index contributed by atoms with van der Waals surface area (Å²) in [5.74, 6) is 0.725. The fraction of sp³-hybridized carbons (Fsp3) is 1.00. The zero-order chi connectivity index (χ0) is 8.81. The quantitative estimate of drug-likeness (QED) is 0.692. The lowest BCUT2D eigenvalue weighted by Gasteiger charge is -2.29. The van der Waals surface area contributed by atoms with Gasteiger partial charge in [0.15, 0.2) is 0 Å². The lowest BCUT2D eigenvalue weighted by Crippen LogP contribution is -2.36. The predicted molar refractivity (Wildman–Crippen MR) is 53.1 cm³/mol. The van der Waals surface area contributed by atoms with Crippen LogP contribution < -0.4 is 5.73 Å². The molecule has 0 aromatic carbocycles. The van der Waals surface area contributed by atoms with Gasteiger partial charge in [-0.2, -0.15) is 0 Å². The number of hydrogen-bond acceptors (Lipinski definition) is 2. The van der Waals surface area contributed by atoms with Gasteiger partial charge in [0.25, 0.3) is 0 Å². The molecular formula is C10H22N2. The maximum absolute atomic E-state index is 5.67. The van der Waals surface area contributed by atoms with Crippen LogP contribution in [0.5, 0.6) is 0 Å². The van der Waals surface area contributed by atoms with Crippen LogP contribution in [0.1, 0.15) is 32.6 Å². The molecule has 72 valence electrons. The Bertz CT molecular complexity index is 104. The summed E-state index contributed by atoms with van der Waals surface area (Å²) in [6, 6.07) is 0. The van der Waals surface area contributed by atoms with Gasteiger partial charge in [-0.25, -0.2) is 0 Å². The monoisotopic (exact) mass is 170 g/mol. The van der Waals surface area contributed by atoms with Gasteiger partial charge in [-0.1, -0.05) is 19.8 Å². The van der Waals surface area contributed by atoms with Crippen LogP contribution in [-0.2, 0) is 0 Å². The molecule has 1 fully saturated rings. The van der Waals surface area contributed by atoms with Crippen molar-refractivity contribution in [1.82, 2.24) is 4.90 Å². The summed E-state index contributed by atoms with van der Waals surface area (Å²) in [5.41, 5.74) is 5.67. The van der Waals surface area contributed by atoms with E-state index in [1.807, 2.05) is 0 Å². The molecule has 1 aliphatic heterocycles. The van der Waals surface area contributed by atoms with E-state index in [1.165, 1.54) is 45.3 Å². The number of nitrogens with two attached hydrogens (primary N) is 1. The van der Waals surface area contributed by atoms with E-state index in [9.17, 15) is 0 Å². The molecule has 0 aliphatic carbocycles. The van der Waals surface area contributed by atoms with Crippen LogP contribution in [0.4, 0.5) is 0 Å². The number of piperidine rings is 1. The molecule has 12 heavy (non-hydrogen) atoms. The van der Waals surface area contributed by atoms with Gasteiger partial charge >= 0.3 is 0 Å². The number of rotatable bonds is 4. The average Bonchev–Trinajstić information content (AvgIpc) is 2.16.